The highest BCUT2D eigenvalue weighted by Gasteiger charge is 2.28. The summed E-state index contributed by atoms with van der Waals surface area (Å²) in [6.45, 7) is 5.88. The first-order chi connectivity index (χ1) is 11.8. The normalized spacial score (nSPS) is 20.3. The topological polar surface area (TPSA) is 122 Å². The molecule has 25 heavy (non-hydrogen) atoms. The molecule has 1 aromatic carbocycles. The van der Waals surface area contributed by atoms with Crippen LogP contribution in [0.4, 0.5) is 0 Å². The van der Waals surface area contributed by atoms with Crippen molar-refractivity contribution in [1.29, 1.82) is 0 Å². The summed E-state index contributed by atoms with van der Waals surface area (Å²) in [5, 5.41) is 9.95. The van der Waals surface area contributed by atoms with E-state index in [1.54, 1.807) is 30.3 Å². The molecule has 138 valence electrons. The van der Waals surface area contributed by atoms with E-state index in [9.17, 15) is 9.32 Å². The second kappa shape index (κ2) is 8.26. The summed E-state index contributed by atoms with van der Waals surface area (Å²) in [5.41, 5.74) is 19.4. The molecule has 2 atom stereocenters. The molecule has 0 amide bonds. The van der Waals surface area contributed by atoms with E-state index in [-0.39, 0.29) is 17.6 Å². The lowest BCUT2D eigenvalue weighted by Crippen LogP contribution is -2.52. The van der Waals surface area contributed by atoms with Gasteiger partial charge in [-0.2, -0.15) is 0 Å². The zero-order valence-electron chi connectivity index (χ0n) is 14.7. The van der Waals surface area contributed by atoms with Crippen molar-refractivity contribution in [1.82, 2.24) is 9.21 Å². The average molecular weight is 366 g/mol. The lowest BCUT2D eigenvalue weighted by atomic mass is 10.1. The van der Waals surface area contributed by atoms with E-state index >= 15 is 0 Å². The van der Waals surface area contributed by atoms with Gasteiger partial charge in [0.2, 0.25) is 0 Å². The molecule has 0 spiro atoms. The third kappa shape index (κ3) is 4.46. The first kappa shape index (κ1) is 19.1. The van der Waals surface area contributed by atoms with Gasteiger partial charge < -0.3 is 27.2 Å². The number of piperazine rings is 1. The minimum Gasteiger partial charge on any atom is -0.507 e. The molecule has 1 saturated heterocycles. The highest BCUT2D eigenvalue weighted by molar-refractivity contribution is 7.82. The van der Waals surface area contributed by atoms with Crippen molar-refractivity contribution in [3.63, 3.8) is 0 Å². The van der Waals surface area contributed by atoms with Gasteiger partial charge in [0.15, 0.2) is 0 Å². The first-order valence-corrected chi connectivity index (χ1v) is 9.53. The number of phenols is 1. The van der Waals surface area contributed by atoms with E-state index in [0.29, 0.717) is 42.3 Å². The molecule has 1 aliphatic heterocycles. The summed E-state index contributed by atoms with van der Waals surface area (Å²) in [7, 11) is -0.971. The zero-order chi connectivity index (χ0) is 18.6. The fraction of sp³-hybridized carbons (Fsp3) is 0.412. The molecular weight excluding hydrogens is 338 g/mol. The van der Waals surface area contributed by atoms with Gasteiger partial charge in [0.25, 0.3) is 0 Å². The monoisotopic (exact) mass is 365 g/mol. The number of nitrogens with two attached hydrogens (primary N) is 3. The van der Waals surface area contributed by atoms with Crippen LogP contribution >= 0.6 is 0 Å². The number of rotatable bonds is 5. The first-order valence-electron chi connectivity index (χ1n) is 8.26. The molecule has 1 aliphatic rings. The summed E-state index contributed by atoms with van der Waals surface area (Å²) in [6.07, 6.45) is 1.68. The smallest absolute Gasteiger partial charge is 0.124 e. The Bertz CT molecular complexity index is 700. The number of allylic oxidation sites excluding steroid dienone is 1. The molecule has 1 fully saturated rings. The number of para-hydroxylation sites is 1. The average Bonchev–Trinajstić information content (AvgIpc) is 2.58. The van der Waals surface area contributed by atoms with Gasteiger partial charge >= 0.3 is 0 Å². The molecule has 0 saturated carbocycles. The van der Waals surface area contributed by atoms with Gasteiger partial charge in [0.1, 0.15) is 11.6 Å². The summed E-state index contributed by atoms with van der Waals surface area (Å²) >= 11 is 0. The van der Waals surface area contributed by atoms with E-state index in [1.165, 1.54) is 0 Å². The lowest BCUT2D eigenvalue weighted by Gasteiger charge is -2.40. The number of nitrogens with zero attached hydrogens (tertiary/aromatic N) is 2. The molecule has 2 rings (SSSR count). The fourth-order valence-electron chi connectivity index (χ4n) is 2.93. The van der Waals surface area contributed by atoms with Crippen molar-refractivity contribution >= 4 is 16.7 Å². The van der Waals surface area contributed by atoms with Crippen LogP contribution in [0.1, 0.15) is 19.4 Å². The molecule has 7 nitrogen and oxygen atoms in total. The molecule has 2 unspecified atom stereocenters. The number of hydrogen-bond acceptors (Lipinski definition) is 6. The van der Waals surface area contributed by atoms with Crippen molar-refractivity contribution in [2.75, 3.05) is 25.4 Å². The van der Waals surface area contributed by atoms with Crippen LogP contribution < -0.4 is 17.2 Å². The van der Waals surface area contributed by atoms with Crippen LogP contribution in [0.2, 0.25) is 0 Å². The molecule has 0 bridgehead atoms. The molecule has 0 radical (unpaired) electrons. The fourth-order valence-corrected chi connectivity index (χ4v) is 4.01. The molecular formula is C17H27N5O2S. The number of phenolic OH excluding ortho intramolecular Hbond substituents is 1. The Morgan fingerprint density at radius 3 is 2.56 bits per heavy atom. The highest BCUT2D eigenvalue weighted by atomic mass is 32.2. The summed E-state index contributed by atoms with van der Waals surface area (Å²) < 4.78 is 14.1. The van der Waals surface area contributed by atoms with Gasteiger partial charge in [0.05, 0.1) is 16.7 Å². The predicted molar refractivity (Wildman–Crippen MR) is 102 cm³/mol. The predicted octanol–water partition coefficient (Wildman–Crippen LogP) is 0.468. The van der Waals surface area contributed by atoms with Gasteiger partial charge in [-0.05, 0) is 25.1 Å². The standard InChI is InChI=1S/C17H27N5O2S/c1-3-25(24)22-9-8-21(11-12(22)2)15(17(19)20)10-14(18)13-6-4-5-7-16(13)23/h4-7,10,12,23H,3,8-9,11,18-20H2,1-2H3/b14-10-. The Labute approximate surface area is 151 Å². The van der Waals surface area contributed by atoms with Crippen molar-refractivity contribution in [2.45, 2.75) is 19.9 Å². The Morgan fingerprint density at radius 2 is 2.00 bits per heavy atom. The van der Waals surface area contributed by atoms with E-state index in [2.05, 4.69) is 0 Å². The summed E-state index contributed by atoms with van der Waals surface area (Å²) in [5.74, 6) is 0.866. The third-order valence-electron chi connectivity index (χ3n) is 4.22. The quantitative estimate of drug-likeness (QED) is 0.563. The van der Waals surface area contributed by atoms with Crippen LogP contribution in [0.5, 0.6) is 5.75 Å². The maximum Gasteiger partial charge on any atom is 0.124 e. The van der Waals surface area contributed by atoms with Crippen LogP contribution in [-0.2, 0) is 11.0 Å². The Morgan fingerprint density at radius 1 is 1.32 bits per heavy atom. The second-order valence-corrected chi connectivity index (χ2v) is 7.69. The minimum absolute atomic E-state index is 0.0997. The number of hydrogen-bond donors (Lipinski definition) is 4. The van der Waals surface area contributed by atoms with E-state index in [4.69, 9.17) is 17.2 Å². The van der Waals surface area contributed by atoms with Crippen LogP contribution in [0.3, 0.4) is 0 Å². The van der Waals surface area contributed by atoms with E-state index < -0.39 is 11.0 Å². The maximum absolute atomic E-state index is 12.1. The van der Waals surface area contributed by atoms with E-state index in [0.717, 1.165) is 0 Å². The van der Waals surface area contributed by atoms with Crippen LogP contribution in [-0.4, -0.2) is 49.9 Å². The number of benzene rings is 1. The zero-order valence-corrected chi connectivity index (χ0v) is 15.5. The molecule has 0 aliphatic carbocycles. The Hall–Kier alpha value is -2.19. The molecule has 7 N–H and O–H groups in total. The van der Waals surface area contributed by atoms with Crippen molar-refractivity contribution < 1.29 is 9.32 Å². The van der Waals surface area contributed by atoms with Crippen molar-refractivity contribution in [2.24, 2.45) is 17.2 Å². The molecule has 8 heteroatoms. The highest BCUT2D eigenvalue weighted by Crippen LogP contribution is 2.24. The minimum atomic E-state index is -0.971. The SMILES string of the molecule is CCS(=O)N1CCN(C(/C=C(\N)c2ccccc2O)=C(N)N)CC1C. The largest absolute Gasteiger partial charge is 0.507 e. The second-order valence-electron chi connectivity index (χ2n) is 6.00. The summed E-state index contributed by atoms with van der Waals surface area (Å²) in [6, 6.07) is 6.94. The molecule has 1 aromatic rings. The Kier molecular flexibility index (Phi) is 6.33. The Balaban J connectivity index is 2.23. The van der Waals surface area contributed by atoms with E-state index in [1.807, 2.05) is 23.1 Å². The van der Waals surface area contributed by atoms with Crippen LogP contribution in [0.25, 0.3) is 5.70 Å². The van der Waals surface area contributed by atoms with Crippen molar-refractivity contribution in [3.05, 3.63) is 47.4 Å². The molecule has 1 heterocycles. The lowest BCUT2D eigenvalue weighted by molar-refractivity contribution is 0.184. The maximum atomic E-state index is 12.1. The van der Waals surface area contributed by atoms with Gasteiger partial charge in [-0.3, -0.25) is 0 Å². The van der Waals surface area contributed by atoms with Crippen LogP contribution in [0, 0.1) is 0 Å². The number of aromatic hydroxyl groups is 1. The van der Waals surface area contributed by atoms with Crippen molar-refractivity contribution in [3.8, 4) is 5.75 Å². The van der Waals surface area contributed by atoms with Crippen LogP contribution in [0.15, 0.2) is 41.9 Å². The summed E-state index contributed by atoms with van der Waals surface area (Å²) in [4.78, 5) is 2.04. The van der Waals surface area contributed by atoms with Gasteiger partial charge in [-0.25, -0.2) is 8.51 Å². The van der Waals surface area contributed by atoms with Gasteiger partial charge in [-0.1, -0.05) is 19.1 Å². The van der Waals surface area contributed by atoms with Gasteiger partial charge in [-0.15, -0.1) is 0 Å². The third-order valence-corrected chi connectivity index (χ3v) is 5.78. The van der Waals surface area contributed by atoms with Gasteiger partial charge in [0, 0.05) is 42.7 Å². The molecule has 0 aromatic heterocycles.